The van der Waals surface area contributed by atoms with E-state index in [2.05, 4.69) is 4.89 Å². The van der Waals surface area contributed by atoms with Gasteiger partial charge in [0.25, 0.3) is 0 Å². The summed E-state index contributed by atoms with van der Waals surface area (Å²) in [6.45, 7) is 2.22. The van der Waals surface area contributed by atoms with Gasteiger partial charge in [-0.25, -0.2) is 0 Å². The summed E-state index contributed by atoms with van der Waals surface area (Å²) < 4.78 is 0. The fourth-order valence-corrected chi connectivity index (χ4v) is 0.0833. The minimum atomic E-state index is 0. The van der Waals surface area contributed by atoms with Crippen molar-refractivity contribution < 1.29 is 61.5 Å². The predicted octanol–water partition coefficient (Wildman–Crippen LogP) is -3.31. The molecule has 0 N–H and O–H groups in total. The van der Waals surface area contributed by atoms with Crippen LogP contribution in [0, 0.1) is 0 Å². The summed E-state index contributed by atoms with van der Waals surface area (Å²) in [4.78, 5) is 3.44. The Morgan fingerprint density at radius 3 is 2.17 bits per heavy atom. The molecule has 0 bridgehead atoms. The molecule has 0 aliphatic carbocycles. The SMILES string of the molecule is CCCO[O-].[K+]. The van der Waals surface area contributed by atoms with Crippen LogP contribution in [0.4, 0.5) is 0 Å². The third-order valence-corrected chi connectivity index (χ3v) is 0.287. The Kier molecular flexibility index (Phi) is 17.1. The zero-order valence-corrected chi connectivity index (χ0v) is 7.35. The van der Waals surface area contributed by atoms with Gasteiger partial charge in [0, 0.05) is 6.61 Å². The standard InChI is InChI=1S/C3H8O2.K/c1-2-3-5-4;/h4H,2-3H2,1H3;/q;+1/p-1. The van der Waals surface area contributed by atoms with Gasteiger partial charge in [-0.1, -0.05) is 6.92 Å². The molecule has 2 nitrogen and oxygen atoms in total. The molecule has 0 aliphatic heterocycles. The number of hydrogen-bond acceptors (Lipinski definition) is 2. The zero-order chi connectivity index (χ0) is 4.12. The summed E-state index contributed by atoms with van der Waals surface area (Å²) in [6, 6.07) is 0. The molecule has 0 fully saturated rings. The molecular formula is C3H7KO2. The first-order valence-corrected chi connectivity index (χ1v) is 1.66. The molecule has 32 valence electrons. The average Bonchev–Trinajstić information content (AvgIpc) is 1.41. The minimum Gasteiger partial charge on any atom is -0.723 e. The van der Waals surface area contributed by atoms with E-state index in [-0.39, 0.29) is 51.4 Å². The molecule has 0 amide bonds. The Balaban J connectivity index is 0. The molecule has 0 unspecified atom stereocenters. The summed E-state index contributed by atoms with van der Waals surface area (Å²) in [5.41, 5.74) is 0. The molecule has 0 saturated heterocycles. The number of hydrogen-bond donors (Lipinski definition) is 0. The van der Waals surface area contributed by atoms with Crippen LogP contribution in [0.25, 0.3) is 0 Å². The van der Waals surface area contributed by atoms with Crippen LogP contribution in [0.15, 0.2) is 0 Å². The molecule has 0 aliphatic rings. The maximum Gasteiger partial charge on any atom is 1.00 e. The van der Waals surface area contributed by atoms with E-state index in [0.29, 0.717) is 6.61 Å². The van der Waals surface area contributed by atoms with Crippen LogP contribution >= 0.6 is 0 Å². The Hall–Kier alpha value is 1.56. The molecular weight excluding hydrogens is 107 g/mol. The Morgan fingerprint density at radius 2 is 2.17 bits per heavy atom. The Bertz CT molecular complexity index is 16.3. The first-order valence-electron chi connectivity index (χ1n) is 1.66. The van der Waals surface area contributed by atoms with Gasteiger partial charge in [-0.2, -0.15) is 0 Å². The van der Waals surface area contributed by atoms with Crippen LogP contribution < -0.4 is 56.6 Å². The van der Waals surface area contributed by atoms with Crippen molar-refractivity contribution in [2.75, 3.05) is 6.61 Å². The van der Waals surface area contributed by atoms with Gasteiger partial charge in [-0.15, -0.1) is 0 Å². The molecule has 6 heavy (non-hydrogen) atoms. The van der Waals surface area contributed by atoms with Gasteiger partial charge in [0.1, 0.15) is 0 Å². The Morgan fingerprint density at radius 1 is 1.67 bits per heavy atom. The van der Waals surface area contributed by atoms with Crippen molar-refractivity contribution in [3.63, 3.8) is 0 Å². The van der Waals surface area contributed by atoms with E-state index in [1.54, 1.807) is 0 Å². The van der Waals surface area contributed by atoms with E-state index in [0.717, 1.165) is 6.42 Å². The maximum atomic E-state index is 9.03. The van der Waals surface area contributed by atoms with Crippen molar-refractivity contribution in [1.82, 2.24) is 0 Å². The van der Waals surface area contributed by atoms with Gasteiger partial charge in [0.05, 0.1) is 0 Å². The summed E-state index contributed by atoms with van der Waals surface area (Å²) in [7, 11) is 0. The Labute approximate surface area is 80.2 Å². The molecule has 0 aromatic heterocycles. The number of rotatable bonds is 2. The fraction of sp³-hybridized carbons (Fsp3) is 1.00. The van der Waals surface area contributed by atoms with Crippen LogP contribution in [0.3, 0.4) is 0 Å². The normalized spacial score (nSPS) is 7.00. The van der Waals surface area contributed by atoms with E-state index >= 15 is 0 Å². The van der Waals surface area contributed by atoms with E-state index in [1.807, 2.05) is 6.92 Å². The van der Waals surface area contributed by atoms with Crippen molar-refractivity contribution in [2.45, 2.75) is 13.3 Å². The van der Waals surface area contributed by atoms with E-state index < -0.39 is 0 Å². The summed E-state index contributed by atoms with van der Waals surface area (Å²) >= 11 is 0. The molecule has 0 saturated carbocycles. The summed E-state index contributed by atoms with van der Waals surface area (Å²) in [5.74, 6) is 0. The van der Waals surface area contributed by atoms with Crippen molar-refractivity contribution in [1.29, 1.82) is 0 Å². The molecule has 0 spiro atoms. The predicted molar refractivity (Wildman–Crippen MR) is 16.2 cm³/mol. The maximum absolute atomic E-state index is 9.03. The fourth-order valence-electron chi connectivity index (χ4n) is 0.0833. The second-order valence-corrected chi connectivity index (χ2v) is 0.822. The topological polar surface area (TPSA) is 32.3 Å². The smallest absolute Gasteiger partial charge is 0.723 e. The molecule has 0 atom stereocenters. The first kappa shape index (κ1) is 10.5. The van der Waals surface area contributed by atoms with E-state index in [1.165, 1.54) is 0 Å². The van der Waals surface area contributed by atoms with Gasteiger partial charge < -0.3 is 10.1 Å². The third-order valence-electron chi connectivity index (χ3n) is 0.287. The van der Waals surface area contributed by atoms with Crippen LogP contribution in [0.1, 0.15) is 13.3 Å². The van der Waals surface area contributed by atoms with Gasteiger partial charge in [-0.3, -0.25) is 0 Å². The summed E-state index contributed by atoms with van der Waals surface area (Å²) in [5, 5.41) is 9.03. The second-order valence-electron chi connectivity index (χ2n) is 0.822. The van der Waals surface area contributed by atoms with Gasteiger partial charge in [-0.05, 0) is 6.42 Å². The monoisotopic (exact) mass is 114 g/mol. The van der Waals surface area contributed by atoms with Crippen LogP contribution in [0.5, 0.6) is 0 Å². The van der Waals surface area contributed by atoms with Gasteiger partial charge >= 0.3 is 51.4 Å². The van der Waals surface area contributed by atoms with Crippen LogP contribution in [0.2, 0.25) is 0 Å². The molecule has 0 aromatic carbocycles. The average molecular weight is 114 g/mol. The van der Waals surface area contributed by atoms with E-state index in [9.17, 15) is 0 Å². The first-order chi connectivity index (χ1) is 2.41. The van der Waals surface area contributed by atoms with Crippen LogP contribution in [-0.4, -0.2) is 6.61 Å². The molecule has 3 heteroatoms. The molecule has 0 aromatic rings. The van der Waals surface area contributed by atoms with Crippen molar-refractivity contribution in [2.24, 2.45) is 0 Å². The zero-order valence-electron chi connectivity index (χ0n) is 4.23. The molecule has 0 rings (SSSR count). The van der Waals surface area contributed by atoms with E-state index in [4.69, 9.17) is 5.26 Å². The van der Waals surface area contributed by atoms with Gasteiger partial charge in [0.2, 0.25) is 0 Å². The van der Waals surface area contributed by atoms with Crippen molar-refractivity contribution >= 4 is 0 Å². The molecule has 0 heterocycles. The van der Waals surface area contributed by atoms with Gasteiger partial charge in [0.15, 0.2) is 0 Å². The third kappa shape index (κ3) is 9.12. The van der Waals surface area contributed by atoms with Crippen molar-refractivity contribution in [3.8, 4) is 0 Å². The quantitative estimate of drug-likeness (QED) is 0.214. The second kappa shape index (κ2) is 9.75. The minimum absolute atomic E-state index is 0. The molecule has 0 radical (unpaired) electrons. The summed E-state index contributed by atoms with van der Waals surface area (Å²) in [6.07, 6.45) is 0.809. The van der Waals surface area contributed by atoms with Crippen molar-refractivity contribution in [3.05, 3.63) is 0 Å². The van der Waals surface area contributed by atoms with Crippen LogP contribution in [-0.2, 0) is 4.89 Å². The largest absolute Gasteiger partial charge is 1.00 e.